The molecule has 3 rings (SSSR count). The number of carbonyl (C=O) groups excluding carboxylic acids is 1. The molecular weight excluding hydrogens is 292 g/mol. The van der Waals surface area contributed by atoms with Crippen LogP contribution in [-0.4, -0.2) is 36.7 Å². The second kappa shape index (κ2) is 4.73. The number of piperidine rings is 1. The van der Waals surface area contributed by atoms with E-state index in [0.29, 0.717) is 24.0 Å². The molecule has 2 heterocycles. The minimum absolute atomic E-state index is 0.114. The van der Waals surface area contributed by atoms with Crippen molar-refractivity contribution in [2.24, 2.45) is 0 Å². The lowest BCUT2D eigenvalue weighted by Crippen LogP contribution is -2.38. The third kappa shape index (κ3) is 2.25. The van der Waals surface area contributed by atoms with Crippen LogP contribution in [0.5, 0.6) is 0 Å². The maximum atomic E-state index is 12.0. The normalized spacial score (nSPS) is 19.7. The lowest BCUT2D eigenvalue weighted by atomic mass is 10.1. The van der Waals surface area contributed by atoms with Crippen molar-refractivity contribution < 1.29 is 13.2 Å². The first kappa shape index (κ1) is 13.9. The average molecular weight is 308 g/mol. The summed E-state index contributed by atoms with van der Waals surface area (Å²) in [5.41, 5.74) is 6.82. The van der Waals surface area contributed by atoms with Crippen molar-refractivity contribution in [2.75, 3.05) is 18.5 Å². The highest BCUT2D eigenvalue weighted by atomic mass is 32.2. The van der Waals surface area contributed by atoms with Crippen molar-refractivity contribution in [1.82, 2.24) is 14.9 Å². The molecule has 1 aliphatic heterocycles. The van der Waals surface area contributed by atoms with Crippen molar-refractivity contribution in [2.45, 2.75) is 23.8 Å². The first-order valence-corrected chi connectivity index (χ1v) is 8.53. The van der Waals surface area contributed by atoms with Gasteiger partial charge in [0.1, 0.15) is 11.6 Å². The van der Waals surface area contributed by atoms with E-state index in [1.807, 2.05) is 0 Å². The number of aromatic nitrogens is 2. The van der Waals surface area contributed by atoms with Gasteiger partial charge in [-0.3, -0.25) is 9.36 Å². The van der Waals surface area contributed by atoms with Crippen LogP contribution in [0, 0.1) is 0 Å². The van der Waals surface area contributed by atoms with E-state index in [4.69, 9.17) is 5.73 Å². The summed E-state index contributed by atoms with van der Waals surface area (Å²) in [6.07, 6.45) is 2.64. The van der Waals surface area contributed by atoms with Crippen molar-refractivity contribution >= 4 is 32.7 Å². The van der Waals surface area contributed by atoms with Crippen molar-refractivity contribution in [3.05, 3.63) is 18.2 Å². The number of amides is 1. The van der Waals surface area contributed by atoms with E-state index in [2.05, 4.69) is 10.3 Å². The summed E-state index contributed by atoms with van der Waals surface area (Å²) in [5, 5.41) is 2.80. The van der Waals surface area contributed by atoms with Crippen LogP contribution in [0.4, 0.5) is 5.95 Å². The summed E-state index contributed by atoms with van der Waals surface area (Å²) in [7, 11) is -3.41. The number of nitrogen functional groups attached to an aromatic ring is 1. The van der Waals surface area contributed by atoms with Gasteiger partial charge in [-0.25, -0.2) is 13.4 Å². The lowest BCUT2D eigenvalue weighted by molar-refractivity contribution is -0.125. The Hall–Kier alpha value is -2.09. The molecule has 1 amide bonds. The van der Waals surface area contributed by atoms with Crippen LogP contribution in [0.1, 0.15) is 18.9 Å². The van der Waals surface area contributed by atoms with Gasteiger partial charge in [-0.15, -0.1) is 0 Å². The molecule has 1 unspecified atom stereocenters. The molecule has 112 valence electrons. The van der Waals surface area contributed by atoms with Gasteiger partial charge >= 0.3 is 0 Å². The van der Waals surface area contributed by atoms with Crippen LogP contribution in [0.25, 0.3) is 11.0 Å². The second-order valence-corrected chi connectivity index (χ2v) is 7.17. The molecule has 1 aromatic carbocycles. The lowest BCUT2D eigenvalue weighted by Gasteiger charge is -2.24. The largest absolute Gasteiger partial charge is 0.369 e. The zero-order valence-corrected chi connectivity index (χ0v) is 12.4. The summed E-state index contributed by atoms with van der Waals surface area (Å²) >= 11 is 0. The molecule has 1 aliphatic rings. The van der Waals surface area contributed by atoms with Crippen molar-refractivity contribution in [1.29, 1.82) is 0 Å². The minimum Gasteiger partial charge on any atom is -0.369 e. The molecule has 21 heavy (non-hydrogen) atoms. The Bertz CT molecular complexity index is 825. The van der Waals surface area contributed by atoms with E-state index in [0.717, 1.165) is 12.7 Å². The molecule has 1 atom stereocenters. The zero-order chi connectivity index (χ0) is 15.2. The highest BCUT2D eigenvalue weighted by Gasteiger charge is 2.28. The highest BCUT2D eigenvalue weighted by Crippen LogP contribution is 2.30. The van der Waals surface area contributed by atoms with Gasteiger partial charge in [0.15, 0.2) is 9.84 Å². The van der Waals surface area contributed by atoms with Crippen LogP contribution >= 0.6 is 0 Å². The van der Waals surface area contributed by atoms with Gasteiger partial charge in [-0.1, -0.05) is 6.07 Å². The topological polar surface area (TPSA) is 107 Å². The number of rotatable bonds is 2. The maximum absolute atomic E-state index is 12.0. The van der Waals surface area contributed by atoms with Crippen LogP contribution in [0.2, 0.25) is 0 Å². The minimum atomic E-state index is -3.41. The second-order valence-electron chi connectivity index (χ2n) is 5.19. The third-order valence-electron chi connectivity index (χ3n) is 3.68. The zero-order valence-electron chi connectivity index (χ0n) is 11.5. The number of hydrogen-bond donors (Lipinski definition) is 2. The molecule has 0 aliphatic carbocycles. The van der Waals surface area contributed by atoms with Crippen molar-refractivity contribution in [3.63, 3.8) is 0 Å². The van der Waals surface area contributed by atoms with E-state index in [1.165, 1.54) is 6.07 Å². The standard InChI is InChI=1S/C13H16N4O3S/c1-21(19,20)10-6-2-4-8-11(10)16-13(14)17(8)9-5-3-7-15-12(9)18/h2,4,6,9H,3,5,7H2,1H3,(H2,14,16)(H,15,18). The number of para-hydroxylation sites is 1. The number of nitrogens with one attached hydrogen (secondary N) is 1. The fourth-order valence-corrected chi connectivity index (χ4v) is 3.57. The molecule has 0 radical (unpaired) electrons. The molecule has 1 aromatic heterocycles. The first-order chi connectivity index (χ1) is 9.89. The number of anilines is 1. The number of imidazole rings is 1. The monoisotopic (exact) mass is 308 g/mol. The number of fused-ring (bicyclic) bond motifs is 1. The van der Waals surface area contributed by atoms with Gasteiger partial charge < -0.3 is 11.1 Å². The highest BCUT2D eigenvalue weighted by molar-refractivity contribution is 7.91. The van der Waals surface area contributed by atoms with Crippen LogP contribution < -0.4 is 11.1 Å². The number of carbonyl (C=O) groups is 1. The number of sulfone groups is 1. The van der Waals surface area contributed by atoms with E-state index in [1.54, 1.807) is 16.7 Å². The fraction of sp³-hybridized carbons (Fsp3) is 0.385. The summed E-state index contributed by atoms with van der Waals surface area (Å²) in [6.45, 7) is 0.649. The van der Waals surface area contributed by atoms with E-state index < -0.39 is 15.9 Å². The summed E-state index contributed by atoms with van der Waals surface area (Å²) in [4.78, 5) is 16.3. The quantitative estimate of drug-likeness (QED) is 0.838. The number of hydrogen-bond acceptors (Lipinski definition) is 5. The molecule has 7 nitrogen and oxygen atoms in total. The fourth-order valence-electron chi connectivity index (χ4n) is 2.74. The van der Waals surface area contributed by atoms with Gasteiger partial charge in [0.05, 0.1) is 10.4 Å². The predicted molar refractivity (Wildman–Crippen MR) is 78.5 cm³/mol. The number of benzene rings is 1. The summed E-state index contributed by atoms with van der Waals surface area (Å²) < 4.78 is 25.3. The van der Waals surface area contributed by atoms with Gasteiger partial charge in [0.25, 0.3) is 0 Å². The SMILES string of the molecule is CS(=O)(=O)c1cccc2c1nc(N)n2C1CCCNC1=O. The smallest absolute Gasteiger partial charge is 0.243 e. The van der Waals surface area contributed by atoms with E-state index in [-0.39, 0.29) is 16.8 Å². The van der Waals surface area contributed by atoms with Gasteiger partial charge in [-0.05, 0) is 25.0 Å². The molecule has 0 bridgehead atoms. The Morgan fingerprint density at radius 3 is 2.86 bits per heavy atom. The Labute approximate surface area is 122 Å². The molecule has 1 saturated heterocycles. The molecule has 0 saturated carbocycles. The Morgan fingerprint density at radius 2 is 2.19 bits per heavy atom. The van der Waals surface area contributed by atoms with Crippen LogP contribution in [0.15, 0.2) is 23.1 Å². The van der Waals surface area contributed by atoms with Gasteiger partial charge in [-0.2, -0.15) is 0 Å². The van der Waals surface area contributed by atoms with Gasteiger partial charge in [0, 0.05) is 12.8 Å². The van der Waals surface area contributed by atoms with E-state index in [9.17, 15) is 13.2 Å². The summed E-state index contributed by atoms with van der Waals surface area (Å²) in [5.74, 6) is 0.0418. The first-order valence-electron chi connectivity index (χ1n) is 6.64. The van der Waals surface area contributed by atoms with Crippen molar-refractivity contribution in [3.8, 4) is 0 Å². The molecular formula is C13H16N4O3S. The van der Waals surface area contributed by atoms with Crippen LogP contribution in [-0.2, 0) is 14.6 Å². The molecule has 0 spiro atoms. The predicted octanol–water partition coefficient (Wildman–Crippen LogP) is 0.473. The molecule has 2 aromatic rings. The molecule has 8 heteroatoms. The Morgan fingerprint density at radius 1 is 1.43 bits per heavy atom. The third-order valence-corrected chi connectivity index (χ3v) is 4.81. The van der Waals surface area contributed by atoms with E-state index >= 15 is 0 Å². The Kier molecular flexibility index (Phi) is 3.12. The van der Waals surface area contributed by atoms with Crippen LogP contribution in [0.3, 0.4) is 0 Å². The average Bonchev–Trinajstić information content (AvgIpc) is 2.74. The maximum Gasteiger partial charge on any atom is 0.243 e. The molecule has 1 fully saturated rings. The van der Waals surface area contributed by atoms with Gasteiger partial charge in [0.2, 0.25) is 11.9 Å². The summed E-state index contributed by atoms with van der Waals surface area (Å²) in [6, 6.07) is 4.42. The number of nitrogens with zero attached hydrogens (tertiary/aromatic N) is 2. The number of nitrogens with two attached hydrogens (primary N) is 1. The Balaban J connectivity index is 2.25. The molecule has 3 N–H and O–H groups in total.